The molecule has 2 nitrogen and oxygen atoms in total. The first-order valence-corrected chi connectivity index (χ1v) is 4.67. The van der Waals surface area contributed by atoms with Crippen LogP contribution in [0.1, 0.15) is 32.4 Å². The molecule has 0 saturated heterocycles. The fraction of sp³-hybridized carbons (Fsp3) is 0.455. The lowest BCUT2D eigenvalue weighted by molar-refractivity contribution is 0.269. The largest absolute Gasteiger partial charge is 0.271 e. The van der Waals surface area contributed by atoms with Gasteiger partial charge in [0.25, 0.3) is 0 Å². The molecule has 0 aliphatic heterocycles. The minimum absolute atomic E-state index is 0.114. The van der Waals surface area contributed by atoms with Crippen LogP contribution >= 0.6 is 0 Å². The van der Waals surface area contributed by atoms with Gasteiger partial charge in [-0.25, -0.2) is 4.39 Å². The molecule has 1 aromatic rings. The average molecular weight is 196 g/mol. The van der Waals surface area contributed by atoms with Crippen LogP contribution in [0.5, 0.6) is 0 Å². The van der Waals surface area contributed by atoms with E-state index in [9.17, 15) is 4.39 Å². The second-order valence-electron chi connectivity index (χ2n) is 4.49. The van der Waals surface area contributed by atoms with Crippen molar-refractivity contribution in [1.82, 2.24) is 5.43 Å². The van der Waals surface area contributed by atoms with Crippen LogP contribution in [0.15, 0.2) is 24.3 Å². The number of rotatable bonds is 2. The first-order valence-electron chi connectivity index (χ1n) is 4.67. The molecule has 0 saturated carbocycles. The highest BCUT2D eigenvalue weighted by Gasteiger charge is 2.26. The summed E-state index contributed by atoms with van der Waals surface area (Å²) in [4.78, 5) is 0. The molecule has 3 heteroatoms. The van der Waals surface area contributed by atoms with Crippen molar-refractivity contribution in [1.29, 1.82) is 0 Å². The van der Waals surface area contributed by atoms with E-state index in [0.29, 0.717) is 5.56 Å². The third kappa shape index (κ3) is 2.30. The van der Waals surface area contributed by atoms with Crippen molar-refractivity contribution in [2.24, 2.45) is 11.3 Å². The molecule has 3 N–H and O–H groups in total. The molecule has 1 rings (SSSR count). The zero-order chi connectivity index (χ0) is 10.8. The lowest BCUT2D eigenvalue weighted by Gasteiger charge is -2.30. The standard InChI is InChI=1S/C11H17FN2/c1-11(2,3)10(14-13)8-6-4-5-7-9(8)12/h4-7,10,14H,13H2,1-3H3. The Morgan fingerprint density at radius 1 is 1.29 bits per heavy atom. The highest BCUT2D eigenvalue weighted by atomic mass is 19.1. The topological polar surface area (TPSA) is 38.0 Å². The molecule has 0 radical (unpaired) electrons. The number of hydrogen-bond acceptors (Lipinski definition) is 2. The Morgan fingerprint density at radius 3 is 2.29 bits per heavy atom. The van der Waals surface area contributed by atoms with E-state index < -0.39 is 0 Å². The lowest BCUT2D eigenvalue weighted by Crippen LogP contribution is -2.37. The van der Waals surface area contributed by atoms with Gasteiger partial charge in [0.1, 0.15) is 5.82 Å². The first kappa shape index (κ1) is 11.1. The molecule has 1 unspecified atom stereocenters. The maximum Gasteiger partial charge on any atom is 0.128 e. The summed E-state index contributed by atoms with van der Waals surface area (Å²) < 4.78 is 13.5. The van der Waals surface area contributed by atoms with E-state index >= 15 is 0 Å². The van der Waals surface area contributed by atoms with Crippen LogP contribution in [0.4, 0.5) is 4.39 Å². The quantitative estimate of drug-likeness (QED) is 0.563. The molecule has 1 atom stereocenters. The van der Waals surface area contributed by atoms with Gasteiger partial charge in [-0.05, 0) is 11.5 Å². The van der Waals surface area contributed by atoms with E-state index in [0.717, 1.165) is 0 Å². The first-order chi connectivity index (χ1) is 6.46. The van der Waals surface area contributed by atoms with Gasteiger partial charge in [-0.2, -0.15) is 0 Å². The summed E-state index contributed by atoms with van der Waals surface area (Å²) in [6.07, 6.45) is 0. The molecule has 0 aromatic heterocycles. The molecule has 78 valence electrons. The molecule has 0 spiro atoms. The van der Waals surface area contributed by atoms with Gasteiger partial charge >= 0.3 is 0 Å². The summed E-state index contributed by atoms with van der Waals surface area (Å²) >= 11 is 0. The predicted molar refractivity (Wildman–Crippen MR) is 55.9 cm³/mol. The van der Waals surface area contributed by atoms with Gasteiger partial charge < -0.3 is 0 Å². The molecule has 0 bridgehead atoms. The van der Waals surface area contributed by atoms with Crippen LogP contribution in [0.2, 0.25) is 0 Å². The van der Waals surface area contributed by atoms with E-state index in [2.05, 4.69) is 5.43 Å². The Labute approximate surface area is 84.3 Å². The number of hydrazine groups is 1. The van der Waals surface area contributed by atoms with Crippen LogP contribution in [-0.2, 0) is 0 Å². The highest BCUT2D eigenvalue weighted by Crippen LogP contribution is 2.32. The summed E-state index contributed by atoms with van der Waals surface area (Å²) in [5, 5.41) is 0. The van der Waals surface area contributed by atoms with Crippen LogP contribution in [0.25, 0.3) is 0 Å². The monoisotopic (exact) mass is 196 g/mol. The average Bonchev–Trinajstić information content (AvgIpc) is 2.07. The summed E-state index contributed by atoms with van der Waals surface area (Å²) in [7, 11) is 0. The summed E-state index contributed by atoms with van der Waals surface area (Å²) in [5.41, 5.74) is 3.16. The summed E-state index contributed by atoms with van der Waals surface area (Å²) in [5.74, 6) is 5.23. The van der Waals surface area contributed by atoms with Crippen molar-refractivity contribution in [2.75, 3.05) is 0 Å². The van der Waals surface area contributed by atoms with Crippen molar-refractivity contribution in [3.05, 3.63) is 35.6 Å². The Kier molecular flexibility index (Phi) is 3.24. The van der Waals surface area contributed by atoms with E-state index in [1.165, 1.54) is 6.07 Å². The van der Waals surface area contributed by atoms with E-state index in [-0.39, 0.29) is 17.3 Å². The fourth-order valence-corrected chi connectivity index (χ4v) is 1.52. The maximum absolute atomic E-state index is 13.5. The second-order valence-corrected chi connectivity index (χ2v) is 4.49. The van der Waals surface area contributed by atoms with Crippen LogP contribution in [0, 0.1) is 11.2 Å². The van der Waals surface area contributed by atoms with Gasteiger partial charge in [-0.15, -0.1) is 0 Å². The van der Waals surface area contributed by atoms with Crippen molar-refractivity contribution in [3.8, 4) is 0 Å². The Balaban J connectivity index is 3.08. The van der Waals surface area contributed by atoms with Gasteiger partial charge in [0.05, 0.1) is 6.04 Å². The molecule has 0 amide bonds. The smallest absolute Gasteiger partial charge is 0.128 e. The van der Waals surface area contributed by atoms with Crippen LogP contribution in [0.3, 0.4) is 0 Å². The van der Waals surface area contributed by atoms with E-state index in [1.54, 1.807) is 12.1 Å². The van der Waals surface area contributed by atoms with Gasteiger partial charge in [0.15, 0.2) is 0 Å². The molecule has 14 heavy (non-hydrogen) atoms. The zero-order valence-corrected chi connectivity index (χ0v) is 8.84. The van der Waals surface area contributed by atoms with Crippen molar-refractivity contribution >= 4 is 0 Å². The fourth-order valence-electron chi connectivity index (χ4n) is 1.52. The molecule has 0 fully saturated rings. The van der Waals surface area contributed by atoms with Crippen molar-refractivity contribution in [2.45, 2.75) is 26.8 Å². The normalized spacial score (nSPS) is 14.1. The lowest BCUT2D eigenvalue weighted by atomic mass is 9.82. The van der Waals surface area contributed by atoms with Crippen LogP contribution < -0.4 is 11.3 Å². The molecule has 0 aliphatic carbocycles. The minimum Gasteiger partial charge on any atom is -0.271 e. The Bertz CT molecular complexity index is 304. The molecular formula is C11H17FN2. The third-order valence-corrected chi connectivity index (χ3v) is 2.25. The van der Waals surface area contributed by atoms with Gasteiger partial charge in [0, 0.05) is 5.56 Å². The number of nitrogens with one attached hydrogen (secondary N) is 1. The second kappa shape index (κ2) is 4.07. The molecule has 0 aliphatic rings. The molecule has 0 heterocycles. The number of nitrogens with two attached hydrogens (primary N) is 1. The zero-order valence-electron chi connectivity index (χ0n) is 8.84. The van der Waals surface area contributed by atoms with Crippen molar-refractivity contribution < 1.29 is 4.39 Å². The van der Waals surface area contributed by atoms with Gasteiger partial charge in [0.2, 0.25) is 0 Å². The third-order valence-electron chi connectivity index (χ3n) is 2.25. The molecular weight excluding hydrogens is 179 g/mol. The van der Waals surface area contributed by atoms with E-state index in [1.807, 2.05) is 26.8 Å². The molecule has 1 aromatic carbocycles. The summed E-state index contributed by atoms with van der Waals surface area (Å²) in [6.45, 7) is 6.05. The van der Waals surface area contributed by atoms with Gasteiger partial charge in [-0.3, -0.25) is 11.3 Å². The summed E-state index contributed by atoms with van der Waals surface area (Å²) in [6, 6.07) is 6.52. The van der Waals surface area contributed by atoms with Gasteiger partial charge in [-0.1, -0.05) is 39.0 Å². The SMILES string of the molecule is CC(C)(C)C(NN)c1ccccc1F. The highest BCUT2D eigenvalue weighted by molar-refractivity contribution is 5.22. The van der Waals surface area contributed by atoms with E-state index in [4.69, 9.17) is 5.84 Å². The maximum atomic E-state index is 13.5. The number of benzene rings is 1. The van der Waals surface area contributed by atoms with Crippen molar-refractivity contribution in [3.63, 3.8) is 0 Å². The Hall–Kier alpha value is -0.930. The number of halogens is 1. The predicted octanol–water partition coefficient (Wildman–Crippen LogP) is 2.38. The Morgan fingerprint density at radius 2 is 1.86 bits per heavy atom. The minimum atomic E-state index is -0.217. The van der Waals surface area contributed by atoms with Crippen LogP contribution in [-0.4, -0.2) is 0 Å². The number of hydrogen-bond donors (Lipinski definition) is 2.